The van der Waals surface area contributed by atoms with Crippen LogP contribution in [0.2, 0.25) is 0 Å². The lowest BCUT2D eigenvalue weighted by atomic mass is 9.88. The first kappa shape index (κ1) is 16.8. The molecule has 3 N–H and O–H groups in total. The Morgan fingerprint density at radius 1 is 1.43 bits per heavy atom. The lowest BCUT2D eigenvalue weighted by Crippen LogP contribution is -2.54. The van der Waals surface area contributed by atoms with Crippen molar-refractivity contribution < 1.29 is 9.72 Å². The van der Waals surface area contributed by atoms with Crippen molar-refractivity contribution in [2.24, 2.45) is 11.7 Å². The zero-order chi connectivity index (χ0) is 16.0. The summed E-state index contributed by atoms with van der Waals surface area (Å²) < 4.78 is 0. The Balaban J connectivity index is 2.72. The Kier molecular flexibility index (Phi) is 5.60. The molecule has 0 aromatic heterocycles. The molecule has 1 rings (SSSR count). The molecule has 0 fully saturated rings. The molecule has 1 aromatic carbocycles. The molecule has 21 heavy (non-hydrogen) atoms. The number of hydrogen-bond acceptors (Lipinski definition) is 4. The maximum atomic E-state index is 11.9. The fraction of sp³-hybridized carbons (Fsp3) is 0.400. The molecule has 0 radical (unpaired) electrons. The monoisotopic (exact) mass is 291 g/mol. The Hall–Kier alpha value is -2.21. The minimum atomic E-state index is -0.463. The second-order valence-corrected chi connectivity index (χ2v) is 5.45. The predicted octanol–water partition coefficient (Wildman–Crippen LogP) is 2.10. The Bertz CT molecular complexity index is 538. The lowest BCUT2D eigenvalue weighted by molar-refractivity contribution is -0.384. The maximum absolute atomic E-state index is 11.9. The van der Waals surface area contributed by atoms with E-state index < -0.39 is 10.5 Å². The van der Waals surface area contributed by atoms with Crippen molar-refractivity contribution in [3.63, 3.8) is 0 Å². The molecule has 0 saturated carbocycles. The molecule has 1 unspecified atom stereocenters. The number of nitro groups is 1. The number of nitrogens with one attached hydrogen (secondary N) is 1. The van der Waals surface area contributed by atoms with Crippen LogP contribution in [0.1, 0.15) is 26.3 Å². The van der Waals surface area contributed by atoms with Gasteiger partial charge in [0.2, 0.25) is 5.91 Å². The molecule has 1 aromatic rings. The number of nitro benzene ring substituents is 1. The van der Waals surface area contributed by atoms with Gasteiger partial charge < -0.3 is 11.1 Å². The highest BCUT2D eigenvalue weighted by molar-refractivity contribution is 5.92. The van der Waals surface area contributed by atoms with Gasteiger partial charge in [0.1, 0.15) is 0 Å². The number of benzene rings is 1. The van der Waals surface area contributed by atoms with E-state index in [0.717, 1.165) is 5.56 Å². The SMILES string of the molecule is CC(C)C(C)(CN)NC(=O)/C=C/c1ccc([N+](=O)[O-])cc1. The van der Waals surface area contributed by atoms with Gasteiger partial charge in [-0.2, -0.15) is 0 Å². The van der Waals surface area contributed by atoms with Crippen LogP contribution in [0, 0.1) is 16.0 Å². The van der Waals surface area contributed by atoms with Crippen molar-refractivity contribution in [1.29, 1.82) is 0 Å². The Labute approximate surface area is 124 Å². The van der Waals surface area contributed by atoms with E-state index in [1.54, 1.807) is 18.2 Å². The lowest BCUT2D eigenvalue weighted by Gasteiger charge is -2.33. The van der Waals surface area contributed by atoms with Crippen LogP contribution >= 0.6 is 0 Å². The van der Waals surface area contributed by atoms with Gasteiger partial charge >= 0.3 is 0 Å². The van der Waals surface area contributed by atoms with E-state index in [1.807, 2.05) is 20.8 Å². The summed E-state index contributed by atoms with van der Waals surface area (Å²) in [5.41, 5.74) is 5.98. The zero-order valence-electron chi connectivity index (χ0n) is 12.5. The largest absolute Gasteiger partial charge is 0.346 e. The van der Waals surface area contributed by atoms with Crippen LogP contribution in [0.4, 0.5) is 5.69 Å². The van der Waals surface area contributed by atoms with Gasteiger partial charge in [0.05, 0.1) is 10.5 Å². The van der Waals surface area contributed by atoms with E-state index >= 15 is 0 Å². The van der Waals surface area contributed by atoms with Gasteiger partial charge in [-0.25, -0.2) is 0 Å². The van der Waals surface area contributed by atoms with E-state index in [9.17, 15) is 14.9 Å². The Morgan fingerprint density at radius 2 is 2.00 bits per heavy atom. The van der Waals surface area contributed by atoms with Crippen LogP contribution in [0.5, 0.6) is 0 Å². The fourth-order valence-electron chi connectivity index (χ4n) is 1.63. The van der Waals surface area contributed by atoms with E-state index in [2.05, 4.69) is 5.32 Å². The highest BCUT2D eigenvalue weighted by atomic mass is 16.6. The topological polar surface area (TPSA) is 98.3 Å². The molecule has 0 spiro atoms. The molecule has 0 aliphatic carbocycles. The molecular weight excluding hydrogens is 270 g/mol. The second kappa shape index (κ2) is 6.99. The number of amides is 1. The summed E-state index contributed by atoms with van der Waals surface area (Å²) in [6.45, 7) is 6.23. The van der Waals surface area contributed by atoms with E-state index in [0.29, 0.717) is 6.54 Å². The first-order chi connectivity index (χ1) is 9.78. The Morgan fingerprint density at radius 3 is 2.43 bits per heavy atom. The summed E-state index contributed by atoms with van der Waals surface area (Å²) in [6, 6.07) is 5.98. The number of carbonyl (C=O) groups is 1. The summed E-state index contributed by atoms with van der Waals surface area (Å²) in [6.07, 6.45) is 3.01. The number of carbonyl (C=O) groups excluding carboxylic acids is 1. The number of rotatable bonds is 6. The zero-order valence-corrected chi connectivity index (χ0v) is 12.5. The average Bonchev–Trinajstić information content (AvgIpc) is 2.45. The van der Waals surface area contributed by atoms with E-state index in [-0.39, 0.29) is 17.5 Å². The van der Waals surface area contributed by atoms with Gasteiger partial charge in [-0.1, -0.05) is 13.8 Å². The third-order valence-electron chi connectivity index (χ3n) is 3.64. The number of hydrogen-bond donors (Lipinski definition) is 2. The summed E-state index contributed by atoms with van der Waals surface area (Å²) >= 11 is 0. The third-order valence-corrected chi connectivity index (χ3v) is 3.64. The molecule has 1 amide bonds. The molecular formula is C15H21N3O3. The van der Waals surface area contributed by atoms with Crippen molar-refractivity contribution in [2.45, 2.75) is 26.3 Å². The van der Waals surface area contributed by atoms with Gasteiger partial charge in [-0.15, -0.1) is 0 Å². The molecule has 6 nitrogen and oxygen atoms in total. The van der Waals surface area contributed by atoms with Gasteiger partial charge in [0, 0.05) is 24.8 Å². The summed E-state index contributed by atoms with van der Waals surface area (Å²) in [5.74, 6) is -0.0331. The first-order valence-electron chi connectivity index (χ1n) is 6.73. The second-order valence-electron chi connectivity index (χ2n) is 5.45. The molecule has 6 heteroatoms. The molecule has 0 saturated heterocycles. The van der Waals surface area contributed by atoms with E-state index in [4.69, 9.17) is 5.73 Å². The highest BCUT2D eigenvalue weighted by Gasteiger charge is 2.27. The van der Waals surface area contributed by atoms with Gasteiger partial charge in [0.25, 0.3) is 5.69 Å². The van der Waals surface area contributed by atoms with Gasteiger partial charge in [-0.3, -0.25) is 14.9 Å². The highest BCUT2D eigenvalue weighted by Crippen LogP contribution is 2.15. The van der Waals surface area contributed by atoms with Crippen molar-refractivity contribution in [1.82, 2.24) is 5.32 Å². The first-order valence-corrected chi connectivity index (χ1v) is 6.73. The van der Waals surface area contributed by atoms with Crippen LogP contribution in [-0.2, 0) is 4.79 Å². The van der Waals surface area contributed by atoms with Crippen LogP contribution in [-0.4, -0.2) is 22.9 Å². The number of nitrogens with two attached hydrogens (primary N) is 1. The maximum Gasteiger partial charge on any atom is 0.269 e. The quantitative estimate of drug-likeness (QED) is 0.476. The standard InChI is InChI=1S/C15H21N3O3/c1-11(2)15(3,10-16)17-14(19)9-6-12-4-7-13(8-5-12)18(20)21/h4-9,11H,10,16H2,1-3H3,(H,17,19)/b9-6+. The van der Waals surface area contributed by atoms with Crippen molar-refractivity contribution in [3.05, 3.63) is 46.0 Å². The van der Waals surface area contributed by atoms with Gasteiger partial charge in [0.15, 0.2) is 0 Å². The van der Waals surface area contributed by atoms with E-state index in [1.165, 1.54) is 18.2 Å². The minimum absolute atomic E-state index is 0.0205. The normalized spacial score (nSPS) is 14.1. The smallest absolute Gasteiger partial charge is 0.269 e. The van der Waals surface area contributed by atoms with Crippen molar-refractivity contribution in [3.8, 4) is 0 Å². The third kappa shape index (κ3) is 4.68. The van der Waals surface area contributed by atoms with Crippen LogP contribution < -0.4 is 11.1 Å². The predicted molar refractivity (Wildman–Crippen MR) is 82.6 cm³/mol. The summed E-state index contributed by atoms with van der Waals surface area (Å²) in [5, 5.41) is 13.4. The van der Waals surface area contributed by atoms with Crippen LogP contribution in [0.25, 0.3) is 6.08 Å². The minimum Gasteiger partial charge on any atom is -0.346 e. The molecule has 0 bridgehead atoms. The van der Waals surface area contributed by atoms with Gasteiger partial charge in [-0.05, 0) is 36.6 Å². The summed E-state index contributed by atoms with van der Waals surface area (Å²) in [4.78, 5) is 22.0. The van der Waals surface area contributed by atoms with Crippen LogP contribution in [0.15, 0.2) is 30.3 Å². The molecule has 114 valence electrons. The summed E-state index contributed by atoms with van der Waals surface area (Å²) in [7, 11) is 0. The molecule has 0 heterocycles. The molecule has 0 aliphatic rings. The van der Waals surface area contributed by atoms with Crippen LogP contribution in [0.3, 0.4) is 0 Å². The van der Waals surface area contributed by atoms with Crippen molar-refractivity contribution in [2.75, 3.05) is 6.54 Å². The fourth-order valence-corrected chi connectivity index (χ4v) is 1.63. The number of nitrogens with zero attached hydrogens (tertiary/aromatic N) is 1. The average molecular weight is 291 g/mol. The molecule has 1 atom stereocenters. The number of non-ortho nitro benzene ring substituents is 1. The van der Waals surface area contributed by atoms with Crippen molar-refractivity contribution >= 4 is 17.7 Å². The molecule has 0 aliphatic heterocycles.